The van der Waals surface area contributed by atoms with Crippen molar-refractivity contribution in [3.63, 3.8) is 0 Å². The van der Waals surface area contributed by atoms with Crippen molar-refractivity contribution in [2.24, 2.45) is 5.73 Å². The average molecular weight is 314 g/mol. The summed E-state index contributed by atoms with van der Waals surface area (Å²) in [6.45, 7) is 2.14. The number of hydrogen-bond donors (Lipinski definition) is 2. The predicted molar refractivity (Wildman–Crippen MR) is 60.9 cm³/mol. The number of unbranched alkanes of at least 4 members (excludes halogenated alkanes) is 1. The molecule has 1 amide bonds. The van der Waals surface area contributed by atoms with E-state index in [-0.39, 0.29) is 5.91 Å². The Kier molecular flexibility index (Phi) is 6.81. The highest BCUT2D eigenvalue weighted by molar-refractivity contribution is 14.1. The number of carbonyl (C=O) groups excluding carboxylic acids is 1. The molecule has 0 unspecified atom stereocenters. The number of aliphatic carboxylic acids is 1. The van der Waals surface area contributed by atoms with Gasteiger partial charge in [0.25, 0.3) is 0 Å². The third-order valence-corrected chi connectivity index (χ3v) is 2.94. The molecule has 0 aliphatic carbocycles. The molecule has 0 fully saturated rings. The standard InChI is InChI=1S/C8H15IN2O3/c1-6(12)11(9)5-3-2-4-7(10)8(13)14/h7H,2-5,10H2,1H3,(H,13,14)/t7-/m0/s1. The molecule has 0 spiro atoms. The van der Waals surface area contributed by atoms with Crippen LogP contribution in [0.15, 0.2) is 0 Å². The number of nitrogens with zero attached hydrogens (tertiary/aromatic N) is 1. The van der Waals surface area contributed by atoms with Gasteiger partial charge in [-0.15, -0.1) is 0 Å². The maximum atomic E-state index is 10.8. The van der Waals surface area contributed by atoms with Crippen molar-refractivity contribution >= 4 is 34.7 Å². The summed E-state index contributed by atoms with van der Waals surface area (Å²) in [5.74, 6) is -0.962. The zero-order valence-electron chi connectivity index (χ0n) is 8.07. The summed E-state index contributed by atoms with van der Waals surface area (Å²) in [6.07, 6.45) is 1.96. The Labute approximate surface area is 97.1 Å². The molecule has 0 aliphatic rings. The first-order valence-corrected chi connectivity index (χ1v) is 5.34. The summed E-state index contributed by atoms with van der Waals surface area (Å²) in [7, 11) is 0. The van der Waals surface area contributed by atoms with E-state index in [0.717, 1.165) is 12.8 Å². The van der Waals surface area contributed by atoms with E-state index in [1.165, 1.54) is 6.92 Å². The van der Waals surface area contributed by atoms with Gasteiger partial charge in [0.15, 0.2) is 0 Å². The second-order valence-electron chi connectivity index (χ2n) is 3.05. The molecular weight excluding hydrogens is 299 g/mol. The van der Waals surface area contributed by atoms with Crippen LogP contribution in [0.4, 0.5) is 0 Å². The zero-order chi connectivity index (χ0) is 11.1. The molecule has 14 heavy (non-hydrogen) atoms. The second kappa shape index (κ2) is 6.99. The van der Waals surface area contributed by atoms with Gasteiger partial charge in [-0.05, 0) is 19.3 Å². The Morgan fingerprint density at radius 3 is 2.50 bits per heavy atom. The monoisotopic (exact) mass is 314 g/mol. The highest BCUT2D eigenvalue weighted by Crippen LogP contribution is 2.05. The van der Waals surface area contributed by atoms with E-state index >= 15 is 0 Å². The molecule has 0 aromatic heterocycles. The van der Waals surface area contributed by atoms with Crippen molar-refractivity contribution in [1.82, 2.24) is 3.11 Å². The fourth-order valence-corrected chi connectivity index (χ4v) is 1.24. The van der Waals surface area contributed by atoms with Crippen LogP contribution >= 0.6 is 22.9 Å². The third-order valence-electron chi connectivity index (χ3n) is 1.78. The Hall–Kier alpha value is -0.370. The lowest BCUT2D eigenvalue weighted by atomic mass is 10.1. The first kappa shape index (κ1) is 13.6. The van der Waals surface area contributed by atoms with E-state index in [4.69, 9.17) is 10.8 Å². The van der Waals surface area contributed by atoms with Crippen molar-refractivity contribution in [1.29, 1.82) is 0 Å². The van der Waals surface area contributed by atoms with Crippen LogP contribution in [0, 0.1) is 0 Å². The van der Waals surface area contributed by atoms with Gasteiger partial charge in [0.2, 0.25) is 5.91 Å². The summed E-state index contributed by atoms with van der Waals surface area (Å²) in [6, 6.07) is -0.782. The molecule has 0 heterocycles. The Bertz CT molecular complexity index is 189. The van der Waals surface area contributed by atoms with Gasteiger partial charge < -0.3 is 10.8 Å². The maximum absolute atomic E-state index is 10.8. The number of nitrogens with two attached hydrogens (primary N) is 1. The van der Waals surface area contributed by atoms with Gasteiger partial charge in [-0.3, -0.25) is 12.7 Å². The summed E-state index contributed by atoms with van der Waals surface area (Å²) >= 11 is 1.94. The van der Waals surface area contributed by atoms with Gasteiger partial charge in [0.05, 0.1) is 22.9 Å². The molecular formula is C8H15IN2O3. The van der Waals surface area contributed by atoms with Crippen LogP contribution < -0.4 is 5.73 Å². The quantitative estimate of drug-likeness (QED) is 0.431. The summed E-state index contributed by atoms with van der Waals surface area (Å²) in [5.41, 5.74) is 5.31. The minimum atomic E-state index is -0.970. The molecule has 5 nitrogen and oxygen atoms in total. The molecule has 1 atom stereocenters. The van der Waals surface area contributed by atoms with Crippen molar-refractivity contribution in [2.45, 2.75) is 32.2 Å². The SMILES string of the molecule is CC(=O)N(I)CCCC[C@H](N)C(=O)O. The first-order valence-electron chi connectivity index (χ1n) is 4.37. The van der Waals surface area contributed by atoms with Gasteiger partial charge in [-0.1, -0.05) is 0 Å². The van der Waals surface area contributed by atoms with Crippen LogP contribution in [0.2, 0.25) is 0 Å². The molecule has 0 aromatic rings. The van der Waals surface area contributed by atoms with Gasteiger partial charge in [0.1, 0.15) is 6.04 Å². The minimum absolute atomic E-state index is 0.00753. The van der Waals surface area contributed by atoms with E-state index in [0.29, 0.717) is 13.0 Å². The lowest BCUT2D eigenvalue weighted by molar-refractivity contribution is -0.138. The lowest BCUT2D eigenvalue weighted by Gasteiger charge is -2.12. The summed E-state index contributed by atoms with van der Waals surface area (Å²) in [5, 5.41) is 8.49. The molecule has 0 saturated heterocycles. The molecule has 0 saturated carbocycles. The van der Waals surface area contributed by atoms with Crippen molar-refractivity contribution in [3.05, 3.63) is 0 Å². The number of carboxylic acids is 1. The fourth-order valence-electron chi connectivity index (χ4n) is 0.896. The third kappa shape index (κ3) is 6.14. The van der Waals surface area contributed by atoms with Crippen molar-refractivity contribution in [3.8, 4) is 0 Å². The van der Waals surface area contributed by atoms with E-state index in [9.17, 15) is 9.59 Å². The van der Waals surface area contributed by atoms with E-state index in [1.54, 1.807) is 3.11 Å². The topological polar surface area (TPSA) is 83.6 Å². The first-order chi connectivity index (χ1) is 6.45. The number of rotatable bonds is 6. The number of carboxylic acid groups (broad SMARTS) is 1. The van der Waals surface area contributed by atoms with Gasteiger partial charge >= 0.3 is 5.97 Å². The second-order valence-corrected chi connectivity index (χ2v) is 4.21. The Morgan fingerprint density at radius 1 is 1.50 bits per heavy atom. The normalized spacial score (nSPS) is 12.2. The van der Waals surface area contributed by atoms with Crippen molar-refractivity contribution in [2.75, 3.05) is 6.54 Å². The fraction of sp³-hybridized carbons (Fsp3) is 0.750. The molecule has 82 valence electrons. The Balaban J connectivity index is 3.47. The highest BCUT2D eigenvalue weighted by Gasteiger charge is 2.10. The molecule has 0 bridgehead atoms. The molecule has 0 aromatic carbocycles. The largest absolute Gasteiger partial charge is 0.480 e. The van der Waals surface area contributed by atoms with Gasteiger partial charge in [-0.2, -0.15) is 0 Å². The van der Waals surface area contributed by atoms with Crippen LogP contribution in [0.1, 0.15) is 26.2 Å². The van der Waals surface area contributed by atoms with Crippen LogP contribution in [0.25, 0.3) is 0 Å². The molecule has 6 heteroatoms. The van der Waals surface area contributed by atoms with E-state index in [2.05, 4.69) is 0 Å². The van der Waals surface area contributed by atoms with Crippen molar-refractivity contribution < 1.29 is 14.7 Å². The highest BCUT2D eigenvalue weighted by atomic mass is 127. The summed E-state index contributed by atoms with van der Waals surface area (Å²) < 4.78 is 1.57. The van der Waals surface area contributed by atoms with Gasteiger partial charge in [-0.25, -0.2) is 0 Å². The maximum Gasteiger partial charge on any atom is 0.320 e. The molecule has 0 aliphatic heterocycles. The van der Waals surface area contributed by atoms with E-state index < -0.39 is 12.0 Å². The van der Waals surface area contributed by atoms with Crippen LogP contribution in [0.3, 0.4) is 0 Å². The number of amides is 1. The summed E-state index contributed by atoms with van der Waals surface area (Å²) in [4.78, 5) is 21.1. The zero-order valence-corrected chi connectivity index (χ0v) is 10.2. The van der Waals surface area contributed by atoms with Crippen LogP contribution in [0.5, 0.6) is 0 Å². The number of carbonyl (C=O) groups is 2. The minimum Gasteiger partial charge on any atom is -0.480 e. The predicted octanol–water partition coefficient (Wildman–Crippen LogP) is 0.767. The molecule has 0 rings (SSSR count). The Morgan fingerprint density at radius 2 is 2.07 bits per heavy atom. The molecule has 3 N–H and O–H groups in total. The van der Waals surface area contributed by atoms with Gasteiger partial charge in [0, 0.05) is 13.5 Å². The number of hydrogen-bond acceptors (Lipinski definition) is 3. The lowest BCUT2D eigenvalue weighted by Crippen LogP contribution is -2.30. The molecule has 0 radical (unpaired) electrons. The number of halogens is 1. The smallest absolute Gasteiger partial charge is 0.320 e. The van der Waals surface area contributed by atoms with E-state index in [1.807, 2.05) is 22.9 Å². The van der Waals surface area contributed by atoms with Crippen LogP contribution in [-0.4, -0.2) is 32.7 Å². The van der Waals surface area contributed by atoms with Crippen LogP contribution in [-0.2, 0) is 9.59 Å². The average Bonchev–Trinajstić information content (AvgIpc) is 2.11.